The van der Waals surface area contributed by atoms with E-state index >= 15 is 0 Å². The van der Waals surface area contributed by atoms with Gasteiger partial charge < -0.3 is 21.1 Å². The number of rotatable bonds is 8. The summed E-state index contributed by atoms with van der Waals surface area (Å²) in [7, 11) is 0. The first-order valence-electron chi connectivity index (χ1n) is 7.50. The van der Waals surface area contributed by atoms with E-state index < -0.39 is 5.60 Å². The van der Waals surface area contributed by atoms with E-state index in [-0.39, 0.29) is 5.95 Å². The first-order valence-corrected chi connectivity index (χ1v) is 7.50. The minimum atomic E-state index is -0.815. The molecule has 1 rings (SSSR count). The van der Waals surface area contributed by atoms with Gasteiger partial charge in [0.2, 0.25) is 17.8 Å². The smallest absolute Gasteiger partial charge is 0.231 e. The largest absolute Gasteiger partial charge is 0.388 e. The number of hydrogen-bond donors (Lipinski definition) is 3. The molecule has 1 aromatic heterocycles. The second-order valence-corrected chi connectivity index (χ2v) is 5.94. The van der Waals surface area contributed by atoms with Gasteiger partial charge in [-0.15, -0.1) is 0 Å². The van der Waals surface area contributed by atoms with Gasteiger partial charge in [-0.2, -0.15) is 15.0 Å². The summed E-state index contributed by atoms with van der Waals surface area (Å²) in [5.74, 6) is 1.54. The van der Waals surface area contributed by atoms with Crippen molar-refractivity contribution in [3.05, 3.63) is 0 Å². The zero-order chi connectivity index (χ0) is 16.0. The quantitative estimate of drug-likeness (QED) is 0.668. The van der Waals surface area contributed by atoms with Crippen LogP contribution in [0.25, 0.3) is 0 Å². The molecule has 4 N–H and O–H groups in total. The summed E-state index contributed by atoms with van der Waals surface area (Å²) < 4.78 is 0. The number of nitrogen functional groups attached to an aromatic ring is 1. The Labute approximate surface area is 127 Å². The van der Waals surface area contributed by atoms with Crippen LogP contribution < -0.4 is 16.0 Å². The van der Waals surface area contributed by atoms with Crippen LogP contribution in [0.5, 0.6) is 0 Å². The Balaban J connectivity index is 2.80. The van der Waals surface area contributed by atoms with Gasteiger partial charge in [0.05, 0.1) is 5.60 Å². The molecule has 1 atom stereocenters. The molecule has 0 saturated heterocycles. The molecule has 7 nitrogen and oxygen atoms in total. The molecule has 7 heteroatoms. The average Bonchev–Trinajstić information content (AvgIpc) is 2.36. The Bertz CT molecular complexity index is 445. The lowest BCUT2D eigenvalue weighted by atomic mass is 9.94. The number of hydrogen-bond acceptors (Lipinski definition) is 7. The predicted molar refractivity (Wildman–Crippen MR) is 86.4 cm³/mol. The lowest BCUT2D eigenvalue weighted by Gasteiger charge is -2.26. The normalized spacial score (nSPS) is 14.0. The highest BCUT2D eigenvalue weighted by molar-refractivity contribution is 5.41. The Morgan fingerprint density at radius 2 is 1.86 bits per heavy atom. The van der Waals surface area contributed by atoms with Crippen molar-refractivity contribution in [2.24, 2.45) is 5.92 Å². The van der Waals surface area contributed by atoms with Crippen molar-refractivity contribution in [2.45, 2.75) is 46.6 Å². The molecule has 1 aromatic rings. The van der Waals surface area contributed by atoms with Crippen LogP contribution in [-0.2, 0) is 0 Å². The van der Waals surface area contributed by atoms with Crippen molar-refractivity contribution in [1.29, 1.82) is 0 Å². The highest BCUT2D eigenvalue weighted by Crippen LogP contribution is 2.17. The molecule has 0 aliphatic heterocycles. The second-order valence-electron chi connectivity index (χ2n) is 5.94. The summed E-state index contributed by atoms with van der Waals surface area (Å²) in [4.78, 5) is 14.6. The second kappa shape index (κ2) is 7.40. The fourth-order valence-corrected chi connectivity index (χ4v) is 2.33. The monoisotopic (exact) mass is 296 g/mol. The lowest BCUT2D eigenvalue weighted by Crippen LogP contribution is -2.35. The summed E-state index contributed by atoms with van der Waals surface area (Å²) in [6.07, 6.45) is 0.698. The zero-order valence-corrected chi connectivity index (χ0v) is 13.7. The van der Waals surface area contributed by atoms with Crippen molar-refractivity contribution >= 4 is 17.8 Å². The molecule has 0 aliphatic rings. The highest BCUT2D eigenvalue weighted by atomic mass is 16.3. The van der Waals surface area contributed by atoms with E-state index in [9.17, 15) is 5.11 Å². The minimum Gasteiger partial charge on any atom is -0.388 e. The van der Waals surface area contributed by atoms with Crippen LogP contribution in [-0.4, -0.2) is 45.3 Å². The molecule has 1 heterocycles. The van der Waals surface area contributed by atoms with Crippen molar-refractivity contribution in [3.63, 3.8) is 0 Å². The van der Waals surface area contributed by atoms with Crippen LogP contribution in [0.15, 0.2) is 0 Å². The number of nitrogens with two attached hydrogens (primary N) is 1. The maximum atomic E-state index is 10.3. The zero-order valence-electron chi connectivity index (χ0n) is 13.7. The van der Waals surface area contributed by atoms with Crippen LogP contribution in [0.2, 0.25) is 0 Å². The first-order chi connectivity index (χ1) is 9.77. The average molecular weight is 296 g/mol. The molecule has 0 aliphatic carbocycles. The number of nitrogens with one attached hydrogen (secondary N) is 1. The lowest BCUT2D eigenvalue weighted by molar-refractivity contribution is 0.0514. The van der Waals surface area contributed by atoms with Crippen molar-refractivity contribution in [1.82, 2.24) is 15.0 Å². The molecule has 1 unspecified atom stereocenters. The molecule has 120 valence electrons. The van der Waals surface area contributed by atoms with Gasteiger partial charge in [-0.3, -0.25) is 0 Å². The molecular formula is C14H28N6O. The maximum Gasteiger partial charge on any atom is 0.231 e. The SMILES string of the molecule is CCN(CC)c1nc(N)nc(NCC(C)(O)CC(C)C)n1. The van der Waals surface area contributed by atoms with Gasteiger partial charge in [0, 0.05) is 19.6 Å². The molecule has 0 radical (unpaired) electrons. The van der Waals surface area contributed by atoms with E-state index in [0.29, 0.717) is 30.8 Å². The maximum absolute atomic E-state index is 10.3. The van der Waals surface area contributed by atoms with Gasteiger partial charge in [0.25, 0.3) is 0 Å². The van der Waals surface area contributed by atoms with Gasteiger partial charge >= 0.3 is 0 Å². The summed E-state index contributed by atoms with van der Waals surface area (Å²) >= 11 is 0. The summed E-state index contributed by atoms with van der Waals surface area (Å²) in [6, 6.07) is 0. The van der Waals surface area contributed by atoms with Crippen LogP contribution in [0.1, 0.15) is 41.0 Å². The van der Waals surface area contributed by atoms with E-state index in [4.69, 9.17) is 5.73 Å². The molecule has 21 heavy (non-hydrogen) atoms. The topological polar surface area (TPSA) is 100 Å². The number of anilines is 3. The molecule has 0 aromatic carbocycles. The fourth-order valence-electron chi connectivity index (χ4n) is 2.33. The Hall–Kier alpha value is -1.63. The van der Waals surface area contributed by atoms with E-state index in [1.54, 1.807) is 6.92 Å². The van der Waals surface area contributed by atoms with Crippen LogP contribution in [0.4, 0.5) is 17.8 Å². The van der Waals surface area contributed by atoms with Gasteiger partial charge in [0.15, 0.2) is 0 Å². The van der Waals surface area contributed by atoms with E-state index in [1.165, 1.54) is 0 Å². The highest BCUT2D eigenvalue weighted by Gasteiger charge is 2.22. The van der Waals surface area contributed by atoms with Gasteiger partial charge in [-0.1, -0.05) is 13.8 Å². The molecule has 0 spiro atoms. The Morgan fingerprint density at radius 1 is 1.24 bits per heavy atom. The Kier molecular flexibility index (Phi) is 6.14. The molecular weight excluding hydrogens is 268 g/mol. The molecule has 0 saturated carbocycles. The third-order valence-corrected chi connectivity index (χ3v) is 3.16. The van der Waals surface area contributed by atoms with Crippen LogP contribution in [0.3, 0.4) is 0 Å². The van der Waals surface area contributed by atoms with Crippen molar-refractivity contribution in [2.75, 3.05) is 35.6 Å². The molecule has 0 amide bonds. The fraction of sp³-hybridized carbons (Fsp3) is 0.786. The van der Waals surface area contributed by atoms with E-state index in [0.717, 1.165) is 13.1 Å². The number of aliphatic hydroxyl groups is 1. The van der Waals surface area contributed by atoms with E-state index in [2.05, 4.69) is 34.1 Å². The van der Waals surface area contributed by atoms with Crippen molar-refractivity contribution < 1.29 is 5.11 Å². The summed E-state index contributed by atoms with van der Waals surface area (Å²) in [5, 5.41) is 13.4. The predicted octanol–water partition coefficient (Wildman–Crippen LogP) is 1.51. The number of aromatic nitrogens is 3. The van der Waals surface area contributed by atoms with Crippen LogP contribution >= 0.6 is 0 Å². The van der Waals surface area contributed by atoms with E-state index in [1.807, 2.05) is 18.7 Å². The molecule has 0 bridgehead atoms. The molecule has 0 fully saturated rings. The summed E-state index contributed by atoms with van der Waals surface area (Å²) in [6.45, 7) is 12.0. The van der Waals surface area contributed by atoms with Crippen molar-refractivity contribution in [3.8, 4) is 0 Å². The third-order valence-electron chi connectivity index (χ3n) is 3.16. The first kappa shape index (κ1) is 17.4. The number of nitrogens with zero attached hydrogens (tertiary/aromatic N) is 4. The van der Waals surface area contributed by atoms with Gasteiger partial charge in [-0.25, -0.2) is 0 Å². The minimum absolute atomic E-state index is 0.179. The van der Waals surface area contributed by atoms with Gasteiger partial charge in [-0.05, 0) is 33.1 Å². The summed E-state index contributed by atoms with van der Waals surface area (Å²) in [5.41, 5.74) is 4.92. The van der Waals surface area contributed by atoms with Gasteiger partial charge in [0.1, 0.15) is 0 Å². The Morgan fingerprint density at radius 3 is 2.38 bits per heavy atom. The standard InChI is InChI=1S/C14H28N6O/c1-6-20(7-2)13-18-11(15)17-12(19-13)16-9-14(5,21)8-10(3)4/h10,21H,6-9H2,1-5H3,(H3,15,16,17,18,19). The third kappa shape index (κ3) is 5.71. The van der Waals surface area contributed by atoms with Crippen LogP contribution in [0, 0.1) is 5.92 Å².